The van der Waals surface area contributed by atoms with Crippen LogP contribution >= 0.6 is 0 Å². The number of carbonyl (C=O) groups excluding carboxylic acids is 1. The molecule has 0 aliphatic carbocycles. The largest absolute Gasteiger partial charge is 0.293 e. The van der Waals surface area contributed by atoms with Crippen molar-refractivity contribution in [2.45, 2.75) is 33.2 Å². The van der Waals surface area contributed by atoms with Gasteiger partial charge in [-0.1, -0.05) is 0 Å². The molecule has 0 fully saturated rings. The quantitative estimate of drug-likeness (QED) is 0.468. The highest BCUT2D eigenvalue weighted by Gasteiger charge is 2.52. The number of benzene rings is 1. The molecule has 0 spiro atoms. The summed E-state index contributed by atoms with van der Waals surface area (Å²) in [6.45, 7) is 5.77. The third kappa shape index (κ3) is 2.52. The Hall–Kier alpha value is -2.31. The van der Waals surface area contributed by atoms with E-state index in [1.165, 1.54) is 52.0 Å². The van der Waals surface area contributed by atoms with Crippen molar-refractivity contribution < 1.29 is 14.6 Å². The minimum Gasteiger partial charge on any atom is -0.293 e. The van der Waals surface area contributed by atoms with Crippen molar-refractivity contribution in [3.8, 4) is 0 Å². The van der Waals surface area contributed by atoms with Gasteiger partial charge in [-0.05, 0) is 26.0 Å². The molecule has 0 radical (unpaired) electrons. The molecule has 1 aromatic carbocycles. The lowest BCUT2D eigenvalue weighted by atomic mass is 9.70. The fourth-order valence-corrected chi connectivity index (χ4v) is 1.60. The monoisotopic (exact) mass is 280 g/mol. The first-order valence-corrected chi connectivity index (χ1v) is 5.95. The SMILES string of the molecule is CC(C)(C(=O)c1ccc([N+](=O)[O-])cc1)C(C)(C)[N+](=O)[O-]. The van der Waals surface area contributed by atoms with Crippen molar-refractivity contribution in [3.05, 3.63) is 50.1 Å². The highest BCUT2D eigenvalue weighted by molar-refractivity contribution is 6.01. The molecular formula is C13H16N2O5. The van der Waals surface area contributed by atoms with E-state index in [4.69, 9.17) is 0 Å². The maximum Gasteiger partial charge on any atom is 0.269 e. The van der Waals surface area contributed by atoms with Gasteiger partial charge in [0.05, 0.1) is 10.3 Å². The van der Waals surface area contributed by atoms with Crippen molar-refractivity contribution in [2.24, 2.45) is 5.41 Å². The van der Waals surface area contributed by atoms with Crippen LogP contribution in [-0.4, -0.2) is 21.2 Å². The molecular weight excluding hydrogens is 264 g/mol. The third-order valence-electron chi connectivity index (χ3n) is 3.89. The van der Waals surface area contributed by atoms with Gasteiger partial charge in [0, 0.05) is 36.5 Å². The second kappa shape index (κ2) is 4.99. The molecule has 7 heteroatoms. The van der Waals surface area contributed by atoms with Crippen LogP contribution in [0.25, 0.3) is 0 Å². The fourth-order valence-electron chi connectivity index (χ4n) is 1.60. The van der Waals surface area contributed by atoms with E-state index in [2.05, 4.69) is 0 Å². The Labute approximate surface area is 115 Å². The van der Waals surface area contributed by atoms with Crippen LogP contribution in [0, 0.1) is 25.6 Å². The molecule has 0 aliphatic heterocycles. The van der Waals surface area contributed by atoms with Gasteiger partial charge in [0.2, 0.25) is 5.54 Å². The Kier molecular flexibility index (Phi) is 3.93. The van der Waals surface area contributed by atoms with E-state index in [1.807, 2.05) is 0 Å². The zero-order valence-corrected chi connectivity index (χ0v) is 11.7. The van der Waals surface area contributed by atoms with E-state index in [-0.39, 0.29) is 11.3 Å². The molecule has 1 rings (SSSR count). The molecule has 0 saturated heterocycles. The first-order chi connectivity index (χ1) is 9.01. The Morgan fingerprint density at radius 2 is 1.45 bits per heavy atom. The van der Waals surface area contributed by atoms with Gasteiger partial charge >= 0.3 is 0 Å². The summed E-state index contributed by atoms with van der Waals surface area (Å²) < 4.78 is 0. The van der Waals surface area contributed by atoms with Crippen LogP contribution in [-0.2, 0) is 0 Å². The third-order valence-corrected chi connectivity index (χ3v) is 3.89. The Bertz CT molecular complexity index is 561. The molecule has 0 saturated carbocycles. The van der Waals surface area contributed by atoms with Gasteiger partial charge in [-0.15, -0.1) is 0 Å². The van der Waals surface area contributed by atoms with E-state index in [1.54, 1.807) is 0 Å². The van der Waals surface area contributed by atoms with E-state index in [0.29, 0.717) is 0 Å². The zero-order chi connectivity index (χ0) is 15.7. The molecule has 0 bridgehead atoms. The highest BCUT2D eigenvalue weighted by atomic mass is 16.6. The van der Waals surface area contributed by atoms with Gasteiger partial charge in [0.1, 0.15) is 0 Å². The smallest absolute Gasteiger partial charge is 0.269 e. The summed E-state index contributed by atoms with van der Waals surface area (Å²) in [5, 5.41) is 21.7. The average molecular weight is 280 g/mol. The van der Waals surface area contributed by atoms with Gasteiger partial charge in [0.25, 0.3) is 5.69 Å². The summed E-state index contributed by atoms with van der Waals surface area (Å²) in [4.78, 5) is 33.0. The summed E-state index contributed by atoms with van der Waals surface area (Å²) in [6.07, 6.45) is 0. The lowest BCUT2D eigenvalue weighted by Crippen LogP contribution is -2.50. The minimum absolute atomic E-state index is 0.132. The van der Waals surface area contributed by atoms with Crippen molar-refractivity contribution >= 4 is 11.5 Å². The van der Waals surface area contributed by atoms with Gasteiger partial charge in [0.15, 0.2) is 5.78 Å². The summed E-state index contributed by atoms with van der Waals surface area (Å²) in [5.74, 6) is -0.422. The molecule has 20 heavy (non-hydrogen) atoms. The van der Waals surface area contributed by atoms with Gasteiger partial charge in [-0.3, -0.25) is 25.0 Å². The molecule has 108 valence electrons. The maximum atomic E-state index is 12.4. The number of nitro groups is 2. The molecule has 0 unspecified atom stereocenters. The number of ketones is 1. The Morgan fingerprint density at radius 1 is 1.00 bits per heavy atom. The number of Topliss-reactive ketones (excluding diaryl/α,β-unsaturated/α-hetero) is 1. The van der Waals surface area contributed by atoms with Crippen LogP contribution in [0.4, 0.5) is 5.69 Å². The minimum atomic E-state index is -1.45. The molecule has 7 nitrogen and oxygen atoms in total. The number of nitrogens with zero attached hydrogens (tertiary/aromatic N) is 2. The van der Waals surface area contributed by atoms with Crippen LogP contribution in [0.5, 0.6) is 0 Å². The summed E-state index contributed by atoms with van der Waals surface area (Å²) in [7, 11) is 0. The number of rotatable bonds is 5. The molecule has 0 N–H and O–H groups in total. The molecule has 1 aromatic rings. The van der Waals surface area contributed by atoms with E-state index in [0.717, 1.165) is 0 Å². The van der Waals surface area contributed by atoms with E-state index in [9.17, 15) is 25.0 Å². The maximum absolute atomic E-state index is 12.4. The van der Waals surface area contributed by atoms with Crippen molar-refractivity contribution in [2.75, 3.05) is 0 Å². The van der Waals surface area contributed by atoms with Crippen LogP contribution in [0.3, 0.4) is 0 Å². The fraction of sp³-hybridized carbons (Fsp3) is 0.462. The van der Waals surface area contributed by atoms with Gasteiger partial charge < -0.3 is 0 Å². The first-order valence-electron chi connectivity index (χ1n) is 5.95. The predicted octanol–water partition coefficient (Wildman–Crippen LogP) is 2.86. The topological polar surface area (TPSA) is 103 Å². The summed E-state index contributed by atoms with van der Waals surface area (Å²) in [5.41, 5.74) is -2.61. The number of hydrogen-bond donors (Lipinski definition) is 0. The van der Waals surface area contributed by atoms with Gasteiger partial charge in [-0.2, -0.15) is 0 Å². The van der Waals surface area contributed by atoms with E-state index >= 15 is 0 Å². The van der Waals surface area contributed by atoms with Crippen molar-refractivity contribution in [1.29, 1.82) is 0 Å². The molecule has 0 aliphatic rings. The summed E-state index contributed by atoms with van der Waals surface area (Å²) in [6, 6.07) is 5.06. The lowest BCUT2D eigenvalue weighted by Gasteiger charge is -2.32. The van der Waals surface area contributed by atoms with Crippen molar-refractivity contribution in [3.63, 3.8) is 0 Å². The van der Waals surface area contributed by atoms with Crippen LogP contribution in [0.15, 0.2) is 24.3 Å². The van der Waals surface area contributed by atoms with E-state index < -0.39 is 26.6 Å². The Morgan fingerprint density at radius 3 is 1.80 bits per heavy atom. The zero-order valence-electron chi connectivity index (χ0n) is 11.7. The van der Waals surface area contributed by atoms with Gasteiger partial charge in [-0.25, -0.2) is 0 Å². The predicted molar refractivity (Wildman–Crippen MR) is 72.3 cm³/mol. The Balaban J connectivity index is 3.17. The molecule has 0 heterocycles. The summed E-state index contributed by atoms with van der Waals surface area (Å²) >= 11 is 0. The number of carbonyl (C=O) groups is 1. The number of nitro benzene ring substituents is 1. The molecule has 0 atom stereocenters. The normalized spacial score (nSPS) is 12.0. The number of non-ortho nitro benzene ring substituents is 1. The van der Waals surface area contributed by atoms with Crippen LogP contribution < -0.4 is 0 Å². The second-order valence-electron chi connectivity index (χ2n) is 5.57. The van der Waals surface area contributed by atoms with Crippen LogP contribution in [0.1, 0.15) is 38.1 Å². The standard InChI is InChI=1S/C13H16N2O5/c1-12(2,13(3,4)15(19)20)11(16)9-5-7-10(8-6-9)14(17)18/h5-8H,1-4H3. The van der Waals surface area contributed by atoms with Crippen molar-refractivity contribution in [1.82, 2.24) is 0 Å². The number of hydrogen-bond acceptors (Lipinski definition) is 5. The lowest BCUT2D eigenvalue weighted by molar-refractivity contribution is -0.575. The first kappa shape index (κ1) is 15.7. The molecule has 0 amide bonds. The highest BCUT2D eigenvalue weighted by Crippen LogP contribution is 2.36. The van der Waals surface area contributed by atoms with Crippen LogP contribution in [0.2, 0.25) is 0 Å². The molecule has 0 aromatic heterocycles. The average Bonchev–Trinajstić information content (AvgIpc) is 2.37. The second-order valence-corrected chi connectivity index (χ2v) is 5.57.